The number of benzene rings is 2. The van der Waals surface area contributed by atoms with E-state index in [2.05, 4.69) is 5.32 Å². The lowest BCUT2D eigenvalue weighted by molar-refractivity contribution is -0.131. The molecule has 2 aromatic rings. The van der Waals surface area contributed by atoms with Crippen LogP contribution in [0.4, 0.5) is 14.5 Å². The van der Waals surface area contributed by atoms with Crippen LogP contribution in [0.5, 0.6) is 11.5 Å². The highest BCUT2D eigenvalue weighted by molar-refractivity contribution is 5.77. The molecule has 0 bridgehead atoms. The summed E-state index contributed by atoms with van der Waals surface area (Å²) in [5.74, 6) is -0.111. The number of nitrogens with one attached hydrogen (secondary N) is 1. The minimum absolute atomic E-state index is 0.0697. The summed E-state index contributed by atoms with van der Waals surface area (Å²) in [5, 5.41) is 2.67. The van der Waals surface area contributed by atoms with Gasteiger partial charge in [-0.05, 0) is 41.8 Å². The van der Waals surface area contributed by atoms with Gasteiger partial charge in [-0.3, -0.25) is 4.79 Å². The van der Waals surface area contributed by atoms with E-state index >= 15 is 0 Å². The Hall–Kier alpha value is -2.83. The third kappa shape index (κ3) is 4.13. The summed E-state index contributed by atoms with van der Waals surface area (Å²) in [6, 6.07) is 7.49. The molecule has 0 saturated heterocycles. The first kappa shape index (κ1) is 18.9. The minimum Gasteiger partial charge on any atom is -0.493 e. The minimum atomic E-state index is -0.671. The Morgan fingerprint density at radius 1 is 1.11 bits per heavy atom. The molecule has 27 heavy (non-hydrogen) atoms. The highest BCUT2D eigenvalue weighted by atomic mass is 19.1. The predicted octanol–water partition coefficient (Wildman–Crippen LogP) is 3.37. The molecule has 0 unspecified atom stereocenters. The van der Waals surface area contributed by atoms with Crippen molar-refractivity contribution >= 4 is 11.6 Å². The van der Waals surface area contributed by atoms with Gasteiger partial charge in [0.05, 0.1) is 14.2 Å². The molecule has 0 aromatic heterocycles. The first-order valence-corrected chi connectivity index (χ1v) is 8.73. The van der Waals surface area contributed by atoms with Crippen LogP contribution in [0.15, 0.2) is 30.3 Å². The van der Waals surface area contributed by atoms with E-state index < -0.39 is 11.6 Å². The van der Waals surface area contributed by atoms with E-state index in [1.807, 2.05) is 12.1 Å². The summed E-state index contributed by atoms with van der Waals surface area (Å²) in [5.41, 5.74) is 1.94. The Balaban J connectivity index is 1.61. The van der Waals surface area contributed by atoms with Crippen molar-refractivity contribution < 1.29 is 23.0 Å². The molecule has 0 saturated carbocycles. The Bertz CT molecular complexity index is 822. The molecule has 1 amide bonds. The predicted molar refractivity (Wildman–Crippen MR) is 98.1 cm³/mol. The topological polar surface area (TPSA) is 50.8 Å². The van der Waals surface area contributed by atoms with Gasteiger partial charge in [0.25, 0.3) is 0 Å². The molecule has 1 aliphatic rings. The van der Waals surface area contributed by atoms with E-state index in [-0.39, 0.29) is 24.6 Å². The van der Waals surface area contributed by atoms with Crippen molar-refractivity contribution in [3.05, 3.63) is 53.1 Å². The lowest BCUT2D eigenvalue weighted by Gasteiger charge is -2.29. The second-order valence-corrected chi connectivity index (χ2v) is 6.31. The fraction of sp³-hybridized carbons (Fsp3) is 0.350. The van der Waals surface area contributed by atoms with Crippen LogP contribution >= 0.6 is 0 Å². The molecule has 0 aliphatic carbocycles. The first-order valence-electron chi connectivity index (χ1n) is 8.73. The smallest absolute Gasteiger partial charge is 0.224 e. The van der Waals surface area contributed by atoms with Gasteiger partial charge in [0.2, 0.25) is 5.91 Å². The van der Waals surface area contributed by atoms with Crippen molar-refractivity contribution in [3.8, 4) is 11.5 Å². The number of halogens is 2. The van der Waals surface area contributed by atoms with Crippen LogP contribution in [0.25, 0.3) is 0 Å². The van der Waals surface area contributed by atoms with Gasteiger partial charge in [-0.2, -0.15) is 0 Å². The van der Waals surface area contributed by atoms with Gasteiger partial charge in [0.15, 0.2) is 11.5 Å². The third-order valence-corrected chi connectivity index (χ3v) is 4.67. The van der Waals surface area contributed by atoms with Crippen molar-refractivity contribution in [1.82, 2.24) is 4.90 Å². The molecule has 1 N–H and O–H groups in total. The number of ether oxygens (including phenoxy) is 2. The monoisotopic (exact) mass is 376 g/mol. The standard InChI is InChI=1S/C20H22F2N2O3/c1-26-17-10-13-7-9-24(12-14(13)11-18(17)27-2)19(25)6-8-23-20-15(21)4-3-5-16(20)22/h3-5,10-11,23H,6-9,12H2,1-2H3. The van der Waals surface area contributed by atoms with Crippen LogP contribution in [0, 0.1) is 11.6 Å². The number of carbonyl (C=O) groups is 1. The Morgan fingerprint density at radius 2 is 1.74 bits per heavy atom. The molecular formula is C20H22F2N2O3. The summed E-state index contributed by atoms with van der Waals surface area (Å²) in [6.07, 6.45) is 0.868. The average molecular weight is 376 g/mol. The zero-order valence-corrected chi connectivity index (χ0v) is 15.4. The number of rotatable bonds is 6. The van der Waals surface area contributed by atoms with Crippen LogP contribution in [0.2, 0.25) is 0 Å². The number of anilines is 1. The van der Waals surface area contributed by atoms with Crippen molar-refractivity contribution in [2.75, 3.05) is 32.6 Å². The van der Waals surface area contributed by atoms with Crippen LogP contribution in [-0.2, 0) is 17.8 Å². The molecule has 1 heterocycles. The van der Waals surface area contributed by atoms with Gasteiger partial charge in [0, 0.05) is 26.1 Å². The summed E-state index contributed by atoms with van der Waals surface area (Å²) in [6.45, 7) is 1.23. The average Bonchev–Trinajstić information content (AvgIpc) is 2.68. The normalized spacial score (nSPS) is 13.1. The lowest BCUT2D eigenvalue weighted by atomic mass is 9.98. The van der Waals surface area contributed by atoms with Gasteiger partial charge in [-0.15, -0.1) is 0 Å². The van der Waals surface area contributed by atoms with Gasteiger partial charge >= 0.3 is 0 Å². The Morgan fingerprint density at radius 3 is 2.37 bits per heavy atom. The van der Waals surface area contributed by atoms with Gasteiger partial charge in [0.1, 0.15) is 17.3 Å². The summed E-state index contributed by atoms with van der Waals surface area (Å²) < 4.78 is 37.9. The second kappa shape index (κ2) is 8.24. The Kier molecular flexibility index (Phi) is 5.78. The quantitative estimate of drug-likeness (QED) is 0.840. The van der Waals surface area contributed by atoms with E-state index in [4.69, 9.17) is 9.47 Å². The fourth-order valence-corrected chi connectivity index (χ4v) is 3.22. The second-order valence-electron chi connectivity index (χ2n) is 6.31. The third-order valence-electron chi connectivity index (χ3n) is 4.67. The van der Waals surface area contributed by atoms with Crippen LogP contribution < -0.4 is 14.8 Å². The largest absolute Gasteiger partial charge is 0.493 e. The number of fused-ring (bicyclic) bond motifs is 1. The number of hydrogen-bond donors (Lipinski definition) is 1. The molecule has 0 spiro atoms. The summed E-state index contributed by atoms with van der Waals surface area (Å²) in [4.78, 5) is 14.2. The number of hydrogen-bond acceptors (Lipinski definition) is 4. The molecule has 5 nitrogen and oxygen atoms in total. The van der Waals surface area contributed by atoms with Crippen LogP contribution in [0.1, 0.15) is 17.5 Å². The van der Waals surface area contributed by atoms with Gasteiger partial charge < -0.3 is 19.7 Å². The molecule has 2 aromatic carbocycles. The zero-order valence-electron chi connectivity index (χ0n) is 15.4. The number of carbonyl (C=O) groups excluding carboxylic acids is 1. The Labute approximate surface area is 156 Å². The molecular weight excluding hydrogens is 354 g/mol. The molecule has 7 heteroatoms. The summed E-state index contributed by atoms with van der Waals surface area (Å²) in [7, 11) is 3.16. The molecule has 0 radical (unpaired) electrons. The molecule has 144 valence electrons. The maximum absolute atomic E-state index is 13.6. The van der Waals surface area contributed by atoms with E-state index in [1.54, 1.807) is 19.1 Å². The summed E-state index contributed by atoms with van der Waals surface area (Å²) >= 11 is 0. The van der Waals surface area contributed by atoms with Gasteiger partial charge in [-0.1, -0.05) is 6.07 Å². The molecule has 0 atom stereocenters. The highest BCUT2D eigenvalue weighted by Crippen LogP contribution is 2.33. The maximum Gasteiger partial charge on any atom is 0.224 e. The number of methoxy groups -OCH3 is 2. The van der Waals surface area contributed by atoms with Crippen molar-refractivity contribution in [3.63, 3.8) is 0 Å². The first-order chi connectivity index (χ1) is 13.0. The van der Waals surface area contributed by atoms with Gasteiger partial charge in [-0.25, -0.2) is 8.78 Å². The van der Waals surface area contributed by atoms with Crippen LogP contribution in [-0.4, -0.2) is 38.1 Å². The zero-order chi connectivity index (χ0) is 19.4. The highest BCUT2D eigenvalue weighted by Gasteiger charge is 2.22. The molecule has 0 fully saturated rings. The van der Waals surface area contributed by atoms with Crippen molar-refractivity contribution in [2.24, 2.45) is 0 Å². The van der Waals surface area contributed by atoms with Crippen molar-refractivity contribution in [1.29, 1.82) is 0 Å². The maximum atomic E-state index is 13.6. The van der Waals surface area contributed by atoms with E-state index in [9.17, 15) is 13.6 Å². The van der Waals surface area contributed by atoms with E-state index in [0.717, 1.165) is 17.5 Å². The van der Waals surface area contributed by atoms with E-state index in [1.165, 1.54) is 18.2 Å². The van der Waals surface area contributed by atoms with Crippen molar-refractivity contribution in [2.45, 2.75) is 19.4 Å². The lowest BCUT2D eigenvalue weighted by Crippen LogP contribution is -2.36. The number of amides is 1. The molecule has 3 rings (SSSR count). The number of para-hydroxylation sites is 1. The van der Waals surface area contributed by atoms with Crippen LogP contribution in [0.3, 0.4) is 0 Å². The van der Waals surface area contributed by atoms with E-state index in [0.29, 0.717) is 24.6 Å². The SMILES string of the molecule is COc1cc2c(cc1OC)CN(C(=O)CCNc1c(F)cccc1F)CC2. The molecule has 1 aliphatic heterocycles. The fourth-order valence-electron chi connectivity index (χ4n) is 3.22. The number of nitrogens with zero attached hydrogens (tertiary/aromatic N) is 1.